The van der Waals surface area contributed by atoms with Crippen molar-refractivity contribution in [3.63, 3.8) is 0 Å². The summed E-state index contributed by atoms with van der Waals surface area (Å²) in [6.45, 7) is 5.74. The number of nitrogens with zero attached hydrogens (tertiary/aromatic N) is 4. The summed E-state index contributed by atoms with van der Waals surface area (Å²) in [4.78, 5) is 26.8. The Kier molecular flexibility index (Phi) is 5.67. The highest BCUT2D eigenvalue weighted by Gasteiger charge is 2.27. The van der Waals surface area contributed by atoms with Gasteiger partial charge in [0.05, 0.1) is 25.1 Å². The molecule has 1 aliphatic rings. The van der Waals surface area contributed by atoms with E-state index in [0.717, 1.165) is 18.0 Å². The Labute approximate surface area is 149 Å². The fourth-order valence-electron chi connectivity index (χ4n) is 2.73. The molecule has 1 aliphatic heterocycles. The van der Waals surface area contributed by atoms with E-state index in [1.165, 1.54) is 30.7 Å². The predicted molar refractivity (Wildman–Crippen MR) is 91.8 cm³/mol. The molecular weight excluding hydrogens is 345 g/mol. The van der Waals surface area contributed by atoms with Gasteiger partial charge in [0, 0.05) is 43.5 Å². The summed E-state index contributed by atoms with van der Waals surface area (Å²) in [6.07, 6.45) is 4.65. The third-order valence-corrected chi connectivity index (χ3v) is 5.10. The summed E-state index contributed by atoms with van der Waals surface area (Å²) in [5.74, 6) is 0.00894. The third kappa shape index (κ3) is 4.77. The molecular formula is C16H20FN5O2S. The van der Waals surface area contributed by atoms with Crippen molar-refractivity contribution in [1.29, 1.82) is 0 Å². The van der Waals surface area contributed by atoms with Crippen molar-refractivity contribution in [2.75, 3.05) is 25.0 Å². The predicted octanol–water partition coefficient (Wildman–Crippen LogP) is 2.04. The molecule has 0 saturated carbocycles. The molecule has 2 aromatic rings. The van der Waals surface area contributed by atoms with E-state index in [1.54, 1.807) is 6.20 Å². The van der Waals surface area contributed by atoms with Crippen LogP contribution in [0.3, 0.4) is 0 Å². The minimum atomic E-state index is -0.441. The van der Waals surface area contributed by atoms with E-state index in [-0.39, 0.29) is 18.1 Å². The van der Waals surface area contributed by atoms with Crippen molar-refractivity contribution in [2.24, 2.45) is 0 Å². The van der Waals surface area contributed by atoms with Crippen LogP contribution in [-0.4, -0.2) is 51.6 Å². The lowest BCUT2D eigenvalue weighted by atomic mass is 10.1. The molecule has 2 aromatic heterocycles. The number of anilines is 1. The highest BCUT2D eigenvalue weighted by atomic mass is 32.1. The number of amides is 1. The lowest BCUT2D eigenvalue weighted by Gasteiger charge is -2.36. The lowest BCUT2D eigenvalue weighted by molar-refractivity contribution is -0.114. The largest absolute Gasteiger partial charge is 0.375 e. The fourth-order valence-corrected chi connectivity index (χ4v) is 3.68. The summed E-state index contributed by atoms with van der Waals surface area (Å²) in [7, 11) is 0. The molecule has 3 rings (SSSR count). The number of thiazole rings is 1. The SMILES string of the molecule is CC(=O)Nc1ncc(C(C)N2CCO[C@H](Cc3ncc(F)cn3)C2)s1. The Balaban J connectivity index is 1.61. The smallest absolute Gasteiger partial charge is 0.223 e. The Morgan fingerprint density at radius 3 is 2.92 bits per heavy atom. The van der Waals surface area contributed by atoms with Crippen LogP contribution < -0.4 is 5.32 Å². The van der Waals surface area contributed by atoms with Gasteiger partial charge >= 0.3 is 0 Å². The molecule has 0 bridgehead atoms. The Morgan fingerprint density at radius 2 is 2.20 bits per heavy atom. The van der Waals surface area contributed by atoms with Gasteiger partial charge in [0.1, 0.15) is 5.82 Å². The van der Waals surface area contributed by atoms with Crippen LogP contribution in [0.15, 0.2) is 18.6 Å². The van der Waals surface area contributed by atoms with Crippen LogP contribution in [0, 0.1) is 5.82 Å². The molecule has 0 aromatic carbocycles. The Morgan fingerprint density at radius 1 is 1.44 bits per heavy atom. The topological polar surface area (TPSA) is 80.2 Å². The maximum absolute atomic E-state index is 12.9. The van der Waals surface area contributed by atoms with Crippen LogP contribution in [0.2, 0.25) is 0 Å². The van der Waals surface area contributed by atoms with Gasteiger partial charge in [-0.2, -0.15) is 0 Å². The van der Waals surface area contributed by atoms with Gasteiger partial charge in [-0.25, -0.2) is 19.3 Å². The second kappa shape index (κ2) is 7.94. The highest BCUT2D eigenvalue weighted by molar-refractivity contribution is 7.15. The average molecular weight is 365 g/mol. The molecule has 7 nitrogen and oxygen atoms in total. The van der Waals surface area contributed by atoms with Crippen molar-refractivity contribution in [1.82, 2.24) is 19.9 Å². The van der Waals surface area contributed by atoms with Gasteiger partial charge in [0.2, 0.25) is 5.91 Å². The first-order chi connectivity index (χ1) is 12.0. The number of ether oxygens (including phenoxy) is 1. The summed E-state index contributed by atoms with van der Waals surface area (Å²) in [6, 6.07) is 0.167. The minimum Gasteiger partial charge on any atom is -0.375 e. The quantitative estimate of drug-likeness (QED) is 0.873. The zero-order valence-electron chi connectivity index (χ0n) is 14.1. The van der Waals surface area contributed by atoms with Crippen molar-refractivity contribution in [2.45, 2.75) is 32.4 Å². The lowest BCUT2D eigenvalue weighted by Crippen LogP contribution is -2.44. The standard InChI is InChI=1S/C16H20FN5O2S/c1-10(14-8-20-16(25-14)21-11(2)23)22-3-4-24-13(9-22)5-15-18-6-12(17)7-19-15/h6-8,10,13H,3-5,9H2,1-2H3,(H,20,21,23)/t10?,13-/m1/s1. The number of carbonyl (C=O) groups excluding carboxylic acids is 1. The Hall–Kier alpha value is -1.97. The summed E-state index contributed by atoms with van der Waals surface area (Å²) < 4.78 is 18.7. The number of morpholine rings is 1. The van der Waals surface area contributed by atoms with E-state index in [4.69, 9.17) is 4.74 Å². The second-order valence-corrected chi connectivity index (χ2v) is 7.00. The molecule has 1 N–H and O–H groups in total. The van der Waals surface area contributed by atoms with Crippen LogP contribution in [0.25, 0.3) is 0 Å². The van der Waals surface area contributed by atoms with Crippen molar-refractivity contribution < 1.29 is 13.9 Å². The number of aromatic nitrogens is 3. The first kappa shape index (κ1) is 17.8. The average Bonchev–Trinajstić information content (AvgIpc) is 3.04. The summed E-state index contributed by atoms with van der Waals surface area (Å²) in [5, 5.41) is 3.32. The van der Waals surface area contributed by atoms with Gasteiger partial charge in [-0.15, -0.1) is 11.3 Å². The van der Waals surface area contributed by atoms with E-state index >= 15 is 0 Å². The van der Waals surface area contributed by atoms with E-state index in [0.29, 0.717) is 24.0 Å². The van der Waals surface area contributed by atoms with Gasteiger partial charge in [0.25, 0.3) is 0 Å². The monoisotopic (exact) mass is 365 g/mol. The number of halogens is 1. The zero-order valence-corrected chi connectivity index (χ0v) is 14.9. The van der Waals surface area contributed by atoms with Crippen LogP contribution in [0.1, 0.15) is 30.6 Å². The molecule has 134 valence electrons. The van der Waals surface area contributed by atoms with Gasteiger partial charge < -0.3 is 10.1 Å². The van der Waals surface area contributed by atoms with Gasteiger partial charge in [0.15, 0.2) is 10.9 Å². The fraction of sp³-hybridized carbons (Fsp3) is 0.500. The van der Waals surface area contributed by atoms with Gasteiger partial charge in [-0.05, 0) is 6.92 Å². The molecule has 1 saturated heterocycles. The van der Waals surface area contributed by atoms with Crippen molar-refractivity contribution in [3.05, 3.63) is 35.1 Å². The van der Waals surface area contributed by atoms with Gasteiger partial charge in [-0.1, -0.05) is 0 Å². The number of hydrogen-bond acceptors (Lipinski definition) is 7. The molecule has 1 unspecified atom stereocenters. The zero-order chi connectivity index (χ0) is 17.8. The minimum absolute atomic E-state index is 0.0376. The van der Waals surface area contributed by atoms with E-state index in [9.17, 15) is 9.18 Å². The van der Waals surface area contributed by atoms with Crippen molar-refractivity contribution in [3.8, 4) is 0 Å². The number of nitrogens with one attached hydrogen (secondary N) is 1. The number of hydrogen-bond donors (Lipinski definition) is 1. The van der Waals surface area contributed by atoms with Gasteiger partial charge in [-0.3, -0.25) is 9.69 Å². The second-order valence-electron chi connectivity index (χ2n) is 5.93. The van der Waals surface area contributed by atoms with Crippen molar-refractivity contribution >= 4 is 22.4 Å². The molecule has 9 heteroatoms. The number of carbonyl (C=O) groups is 1. The molecule has 0 aliphatic carbocycles. The van der Waals surface area contributed by atoms with E-state index < -0.39 is 5.82 Å². The van der Waals surface area contributed by atoms with Crippen LogP contribution in [0.5, 0.6) is 0 Å². The van der Waals surface area contributed by atoms with Crippen LogP contribution in [0.4, 0.5) is 9.52 Å². The van der Waals surface area contributed by atoms with E-state index in [1.807, 2.05) is 0 Å². The maximum atomic E-state index is 12.9. The summed E-state index contributed by atoms with van der Waals surface area (Å²) in [5.41, 5.74) is 0. The first-order valence-corrected chi connectivity index (χ1v) is 8.88. The molecule has 3 heterocycles. The molecule has 0 spiro atoms. The molecule has 25 heavy (non-hydrogen) atoms. The third-order valence-electron chi connectivity index (χ3n) is 4.02. The molecule has 1 amide bonds. The normalized spacial score (nSPS) is 19.6. The van der Waals surface area contributed by atoms with E-state index in [2.05, 4.69) is 32.1 Å². The van der Waals surface area contributed by atoms with Crippen LogP contribution in [-0.2, 0) is 16.0 Å². The highest BCUT2D eigenvalue weighted by Crippen LogP contribution is 2.29. The molecule has 2 atom stereocenters. The maximum Gasteiger partial charge on any atom is 0.223 e. The molecule has 0 radical (unpaired) electrons. The summed E-state index contributed by atoms with van der Waals surface area (Å²) >= 11 is 1.48. The molecule has 1 fully saturated rings. The number of rotatable bonds is 5. The van der Waals surface area contributed by atoms with Crippen LogP contribution >= 0.6 is 11.3 Å². The first-order valence-electron chi connectivity index (χ1n) is 8.06. The Bertz CT molecular complexity index is 724.